The van der Waals surface area contributed by atoms with Crippen LogP contribution in [0.1, 0.15) is 120 Å². The molecule has 0 saturated heterocycles. The molecule has 6 aliphatic rings. The zero-order chi connectivity index (χ0) is 22.1. The Morgan fingerprint density at radius 3 is 0.645 bits per heavy atom. The Bertz CT molecular complexity index is 500. The number of rotatable bonds is 0. The minimum Gasteiger partial charge on any atom is -0.308 e. The number of fused-ring (bicyclic) bond motifs is 6. The summed E-state index contributed by atoms with van der Waals surface area (Å²) in [5, 5.41) is 0. The van der Waals surface area contributed by atoms with E-state index in [1.165, 1.54) is 57.8 Å². The monoisotopic (exact) mass is 463 g/mol. The fraction of sp³-hybridized carbons (Fsp3) is 0.900. The molecule has 6 aliphatic carbocycles. The van der Waals surface area contributed by atoms with Gasteiger partial charge in [-0.15, -0.1) is 0 Å². The van der Waals surface area contributed by atoms with Crippen molar-refractivity contribution in [3.63, 3.8) is 0 Å². The molecule has 0 aliphatic heterocycles. The summed E-state index contributed by atoms with van der Waals surface area (Å²) in [7, 11) is 0. The second-order valence-electron chi connectivity index (χ2n) is 14.3. The molecule has 6 saturated carbocycles. The molecule has 1 radical (unpaired) electrons. The Morgan fingerprint density at radius 1 is 0.419 bits per heavy atom. The molecule has 6 rings (SSSR count). The molecule has 0 aromatic heterocycles. The molecule has 6 fully saturated rings. The van der Waals surface area contributed by atoms with Crippen molar-refractivity contribution in [1.29, 1.82) is 0 Å². The van der Waals surface area contributed by atoms with Crippen LogP contribution in [0.4, 0.5) is 0 Å². The third kappa shape index (κ3) is 5.14. The van der Waals surface area contributed by atoms with Crippen LogP contribution in [0.2, 0.25) is 0 Å². The molecule has 6 atom stereocenters. The van der Waals surface area contributed by atoms with Crippen molar-refractivity contribution in [3.05, 3.63) is 17.8 Å². The zero-order valence-electron chi connectivity index (χ0n) is 22.2. The predicted octanol–water partition coefficient (Wildman–Crippen LogP) is 9.11. The summed E-state index contributed by atoms with van der Waals surface area (Å²) in [4.78, 5) is 0. The summed E-state index contributed by atoms with van der Waals surface area (Å²) in [5.41, 5.74) is 2.15. The third-order valence-electron chi connectivity index (χ3n) is 10.5. The van der Waals surface area contributed by atoms with Gasteiger partial charge in [0, 0.05) is 0 Å². The summed E-state index contributed by atoms with van der Waals surface area (Å²) in [6, 6.07) is 0. The fourth-order valence-electron chi connectivity index (χ4n) is 9.89. The third-order valence-corrected chi connectivity index (χ3v) is 10.5. The second kappa shape index (κ2) is 8.95. The van der Waals surface area contributed by atoms with E-state index in [2.05, 4.69) is 62.3 Å². The van der Waals surface area contributed by atoms with Gasteiger partial charge in [-0.2, -0.15) is 54.8 Å². The van der Waals surface area contributed by atoms with E-state index in [1.807, 2.05) is 17.8 Å². The van der Waals surface area contributed by atoms with E-state index >= 15 is 0 Å². The molecule has 6 unspecified atom stereocenters. The van der Waals surface area contributed by atoms with Gasteiger partial charge < -0.3 is 17.8 Å². The van der Waals surface area contributed by atoms with E-state index in [1.54, 1.807) is 0 Å². The van der Waals surface area contributed by atoms with E-state index in [9.17, 15) is 0 Å². The van der Waals surface area contributed by atoms with Crippen molar-refractivity contribution in [3.8, 4) is 0 Å². The van der Waals surface area contributed by atoms with Gasteiger partial charge in [0.15, 0.2) is 0 Å². The number of hydrogen-bond acceptors (Lipinski definition) is 0. The molecule has 0 spiro atoms. The smallest absolute Gasteiger partial charge is 0.308 e. The molecular formula is C30H51Cr. The summed E-state index contributed by atoms with van der Waals surface area (Å²) in [6.07, 6.45) is 13.1. The molecule has 0 aromatic carbocycles. The quantitative estimate of drug-likeness (QED) is 0.314. The maximum Gasteiger partial charge on any atom is 3.00 e. The van der Waals surface area contributed by atoms with E-state index in [0.717, 1.165) is 35.5 Å². The Labute approximate surface area is 206 Å². The summed E-state index contributed by atoms with van der Waals surface area (Å²) >= 11 is 0. The van der Waals surface area contributed by atoms with Crippen LogP contribution in [-0.2, 0) is 17.4 Å². The second-order valence-corrected chi connectivity index (χ2v) is 14.3. The summed E-state index contributed by atoms with van der Waals surface area (Å²) < 4.78 is 0. The minimum absolute atomic E-state index is 0. The van der Waals surface area contributed by atoms with Crippen molar-refractivity contribution >= 4 is 0 Å². The van der Waals surface area contributed by atoms with Gasteiger partial charge in [-0.25, -0.2) is 0 Å². The van der Waals surface area contributed by atoms with Crippen molar-refractivity contribution < 1.29 is 17.4 Å². The van der Waals surface area contributed by atoms with Crippen LogP contribution in [0.3, 0.4) is 0 Å². The van der Waals surface area contributed by atoms with E-state index in [0.29, 0.717) is 16.2 Å². The molecule has 31 heavy (non-hydrogen) atoms. The fourth-order valence-corrected chi connectivity index (χ4v) is 9.89. The first-order chi connectivity index (χ1) is 13.8. The van der Waals surface area contributed by atoms with E-state index in [4.69, 9.17) is 0 Å². The summed E-state index contributed by atoms with van der Waals surface area (Å²) in [6.45, 7) is 21.8. The molecule has 6 bridgehead atoms. The number of hydrogen-bond donors (Lipinski definition) is 0. The van der Waals surface area contributed by atoms with Crippen LogP contribution in [0.15, 0.2) is 0 Å². The van der Waals surface area contributed by atoms with Crippen molar-refractivity contribution in [2.75, 3.05) is 0 Å². The maximum absolute atomic E-state index is 2.46. The molecule has 0 aromatic rings. The first kappa shape index (κ1) is 26.1. The van der Waals surface area contributed by atoms with Gasteiger partial charge in [-0.1, -0.05) is 117 Å². The molecule has 1 heteroatoms. The van der Waals surface area contributed by atoms with E-state index < -0.39 is 0 Å². The average molecular weight is 464 g/mol. The topological polar surface area (TPSA) is 0 Å². The van der Waals surface area contributed by atoms with E-state index in [-0.39, 0.29) is 17.4 Å². The molecular weight excluding hydrogens is 412 g/mol. The van der Waals surface area contributed by atoms with Gasteiger partial charge in [-0.05, 0) is 0 Å². The van der Waals surface area contributed by atoms with Gasteiger partial charge in [0.1, 0.15) is 0 Å². The standard InChI is InChI=1S/3C10H17.Cr/c3*1-7-4-10(3)5-8(2)9(7)6-10;/h3*7-8H,4-6H2,1-3H3;/q3*-1;+3. The average Bonchev–Trinajstić information content (AvgIpc) is 3.35. The Morgan fingerprint density at radius 2 is 0.581 bits per heavy atom. The molecule has 0 heterocycles. The van der Waals surface area contributed by atoms with Gasteiger partial charge in [-0.3, -0.25) is 0 Å². The normalized spacial score (nSPS) is 52.5. The van der Waals surface area contributed by atoms with Crippen molar-refractivity contribution in [2.45, 2.75) is 120 Å². The molecule has 0 nitrogen and oxygen atoms in total. The van der Waals surface area contributed by atoms with Crippen LogP contribution in [0, 0.1) is 69.5 Å². The Kier molecular flexibility index (Phi) is 7.55. The SMILES string of the molecule is CC1CC2(C)C[C-]1C(C)C2.CC1CC2(C)C[C-]1C(C)C2.CC1CC2(C)C[C-]1C(C)C2.[Cr+3]. The van der Waals surface area contributed by atoms with Gasteiger partial charge in [0.2, 0.25) is 0 Å². The van der Waals surface area contributed by atoms with Crippen LogP contribution in [-0.4, -0.2) is 0 Å². The predicted molar refractivity (Wildman–Crippen MR) is 131 cm³/mol. The maximum atomic E-state index is 2.46. The Hall–Kier alpha value is 0.532. The van der Waals surface area contributed by atoms with Crippen LogP contribution in [0.25, 0.3) is 0 Å². The van der Waals surface area contributed by atoms with Gasteiger partial charge in [0.05, 0.1) is 0 Å². The van der Waals surface area contributed by atoms with Crippen LogP contribution in [0.5, 0.6) is 0 Å². The largest absolute Gasteiger partial charge is 3.00 e. The van der Waals surface area contributed by atoms with Crippen LogP contribution < -0.4 is 0 Å². The first-order valence-electron chi connectivity index (χ1n) is 13.4. The molecule has 177 valence electrons. The van der Waals surface area contributed by atoms with Crippen molar-refractivity contribution in [2.24, 2.45) is 51.8 Å². The summed E-state index contributed by atoms with van der Waals surface area (Å²) in [5.74, 6) is 11.2. The molecule has 0 N–H and O–H groups in total. The molecule has 0 amide bonds. The van der Waals surface area contributed by atoms with Gasteiger partial charge >= 0.3 is 17.4 Å². The Balaban J connectivity index is 0.000000130. The zero-order valence-corrected chi connectivity index (χ0v) is 23.5. The first-order valence-corrected chi connectivity index (χ1v) is 13.4. The van der Waals surface area contributed by atoms with Crippen LogP contribution >= 0.6 is 0 Å². The van der Waals surface area contributed by atoms with Crippen molar-refractivity contribution in [1.82, 2.24) is 0 Å². The van der Waals surface area contributed by atoms with Gasteiger partial charge in [0.25, 0.3) is 0 Å². The minimum atomic E-state index is 0.